The summed E-state index contributed by atoms with van der Waals surface area (Å²) in [6.45, 7) is 0. The third-order valence-corrected chi connectivity index (χ3v) is 3.59. The zero-order valence-electron chi connectivity index (χ0n) is 9.85. The summed E-state index contributed by atoms with van der Waals surface area (Å²) in [5, 5.41) is 7.87. The molecule has 83 valence electrons. The summed E-state index contributed by atoms with van der Waals surface area (Å²) in [6.07, 6.45) is 0. The second kappa shape index (κ2) is 3.58. The number of fused-ring (bicyclic) bond motifs is 6. The first-order valence-electron chi connectivity index (χ1n) is 6.14. The van der Waals surface area contributed by atoms with Gasteiger partial charge in [-0.05, 0) is 44.5 Å². The van der Waals surface area contributed by atoms with Gasteiger partial charge in [0.15, 0.2) is 0 Å². The van der Waals surface area contributed by atoms with Crippen LogP contribution in [0.2, 0.25) is 0 Å². The topological polar surface area (TPSA) is 0 Å². The van der Waals surface area contributed by atoms with Gasteiger partial charge >= 0.3 is 0 Å². The number of rotatable bonds is 0. The van der Waals surface area contributed by atoms with Gasteiger partial charge in [-0.3, -0.25) is 0 Å². The van der Waals surface area contributed by atoms with Crippen LogP contribution in [0.15, 0.2) is 66.7 Å². The van der Waals surface area contributed by atoms with E-state index in [0.717, 1.165) is 0 Å². The highest BCUT2D eigenvalue weighted by atomic mass is 14.1. The molecular formula is C18H11. The average molecular weight is 227 g/mol. The molecule has 0 aromatic heterocycles. The molecule has 0 amide bonds. The Bertz CT molecular complexity index is 652. The van der Waals surface area contributed by atoms with Crippen LogP contribution in [0.5, 0.6) is 0 Å². The number of benzene rings is 4. The maximum Gasteiger partial charge on any atom is -0.00928 e. The Balaban J connectivity index is 2.46. The van der Waals surface area contributed by atoms with Gasteiger partial charge in [0.05, 0.1) is 0 Å². The fourth-order valence-electron chi connectivity index (χ4n) is 2.79. The van der Waals surface area contributed by atoms with Crippen LogP contribution in [-0.2, 0) is 0 Å². The Labute approximate surface area is 105 Å². The summed E-state index contributed by atoms with van der Waals surface area (Å²) in [4.78, 5) is 0. The number of hydrogen-bond acceptors (Lipinski definition) is 0. The molecule has 1 radical (unpaired) electrons. The third-order valence-electron chi connectivity index (χ3n) is 3.59. The van der Waals surface area contributed by atoms with Crippen molar-refractivity contribution in [2.24, 2.45) is 0 Å². The molecule has 4 rings (SSSR count). The highest BCUT2D eigenvalue weighted by Crippen LogP contribution is 2.34. The summed E-state index contributed by atoms with van der Waals surface area (Å²) in [7, 11) is 0. The lowest BCUT2D eigenvalue weighted by Crippen LogP contribution is -1.81. The molecule has 0 bridgehead atoms. The zero-order chi connectivity index (χ0) is 11.9. The van der Waals surface area contributed by atoms with Crippen molar-refractivity contribution in [2.45, 2.75) is 0 Å². The molecule has 4 aromatic carbocycles. The predicted molar refractivity (Wildman–Crippen MR) is 77.8 cm³/mol. The molecule has 0 aliphatic rings. The Morgan fingerprint density at radius 1 is 0.500 bits per heavy atom. The van der Waals surface area contributed by atoms with Crippen molar-refractivity contribution in [2.75, 3.05) is 0 Å². The van der Waals surface area contributed by atoms with Gasteiger partial charge in [-0.2, -0.15) is 0 Å². The summed E-state index contributed by atoms with van der Waals surface area (Å²) in [5.41, 5.74) is 0. The molecule has 0 nitrogen and oxygen atoms in total. The van der Waals surface area contributed by atoms with E-state index in [1.165, 1.54) is 32.3 Å². The van der Waals surface area contributed by atoms with Crippen LogP contribution in [0.25, 0.3) is 32.3 Å². The third kappa shape index (κ3) is 1.20. The van der Waals surface area contributed by atoms with Crippen molar-refractivity contribution >= 4 is 32.3 Å². The Morgan fingerprint density at radius 3 is 1.50 bits per heavy atom. The highest BCUT2D eigenvalue weighted by Gasteiger charge is 2.06. The summed E-state index contributed by atoms with van der Waals surface area (Å²) >= 11 is 0. The molecule has 0 spiro atoms. The van der Waals surface area contributed by atoms with Gasteiger partial charge in [0.25, 0.3) is 0 Å². The minimum absolute atomic E-state index is 1.28. The van der Waals surface area contributed by atoms with Gasteiger partial charge in [0.2, 0.25) is 0 Å². The van der Waals surface area contributed by atoms with Gasteiger partial charge in [0, 0.05) is 0 Å². The molecule has 0 aliphatic heterocycles. The Kier molecular flexibility index (Phi) is 1.92. The molecule has 0 heteroatoms. The molecule has 0 atom stereocenters. The maximum absolute atomic E-state index is 3.19. The SMILES string of the molecule is [c]1ccc2c(c1)c1ccccc1c1ccccc21. The monoisotopic (exact) mass is 227 g/mol. The van der Waals surface area contributed by atoms with E-state index in [1.54, 1.807) is 0 Å². The summed E-state index contributed by atoms with van der Waals surface area (Å²) < 4.78 is 0. The second-order valence-electron chi connectivity index (χ2n) is 4.56. The molecule has 0 saturated heterocycles. The fraction of sp³-hybridized carbons (Fsp3) is 0. The van der Waals surface area contributed by atoms with E-state index in [1.807, 2.05) is 6.07 Å². The van der Waals surface area contributed by atoms with Crippen molar-refractivity contribution in [3.63, 3.8) is 0 Å². The Hall–Kier alpha value is -2.34. The van der Waals surface area contributed by atoms with Crippen LogP contribution in [-0.4, -0.2) is 0 Å². The van der Waals surface area contributed by atoms with Crippen LogP contribution in [0, 0.1) is 6.07 Å². The molecule has 4 aromatic rings. The molecule has 0 unspecified atom stereocenters. The van der Waals surface area contributed by atoms with E-state index in [4.69, 9.17) is 0 Å². The molecule has 0 fully saturated rings. The summed E-state index contributed by atoms with van der Waals surface area (Å²) in [6, 6.07) is 26.6. The molecule has 0 N–H and O–H groups in total. The van der Waals surface area contributed by atoms with E-state index in [-0.39, 0.29) is 0 Å². The van der Waals surface area contributed by atoms with Crippen molar-refractivity contribution in [1.29, 1.82) is 0 Å². The normalized spacial score (nSPS) is 11.3. The lowest BCUT2D eigenvalue weighted by atomic mass is 9.95. The van der Waals surface area contributed by atoms with Gasteiger partial charge in [0.1, 0.15) is 0 Å². The van der Waals surface area contributed by atoms with E-state index in [0.29, 0.717) is 0 Å². The smallest absolute Gasteiger partial charge is 0.00928 e. The van der Waals surface area contributed by atoms with Crippen molar-refractivity contribution in [3.8, 4) is 0 Å². The molecular weight excluding hydrogens is 216 g/mol. The first-order valence-corrected chi connectivity index (χ1v) is 6.14. The molecule has 0 heterocycles. The number of hydrogen-bond donors (Lipinski definition) is 0. The Morgan fingerprint density at radius 2 is 0.944 bits per heavy atom. The minimum Gasteiger partial charge on any atom is -0.0616 e. The second-order valence-corrected chi connectivity index (χ2v) is 4.56. The van der Waals surface area contributed by atoms with Gasteiger partial charge in [-0.25, -0.2) is 0 Å². The van der Waals surface area contributed by atoms with Crippen LogP contribution < -0.4 is 0 Å². The highest BCUT2D eigenvalue weighted by molar-refractivity contribution is 6.25. The van der Waals surface area contributed by atoms with Crippen LogP contribution >= 0.6 is 0 Å². The maximum atomic E-state index is 3.19. The predicted octanol–water partition coefficient (Wildman–Crippen LogP) is 4.95. The summed E-state index contributed by atoms with van der Waals surface area (Å²) in [5.74, 6) is 0. The van der Waals surface area contributed by atoms with Crippen molar-refractivity contribution in [1.82, 2.24) is 0 Å². The first-order chi connectivity index (χ1) is 8.95. The first kappa shape index (κ1) is 9.67. The van der Waals surface area contributed by atoms with E-state index >= 15 is 0 Å². The zero-order valence-corrected chi connectivity index (χ0v) is 9.85. The van der Waals surface area contributed by atoms with Crippen LogP contribution in [0.1, 0.15) is 0 Å². The van der Waals surface area contributed by atoms with Crippen LogP contribution in [0.4, 0.5) is 0 Å². The van der Waals surface area contributed by atoms with Gasteiger partial charge < -0.3 is 0 Å². The van der Waals surface area contributed by atoms with E-state index in [9.17, 15) is 0 Å². The standard InChI is InChI=1S/C18H11/c1-2-8-14-13(7-1)15-9-3-4-11-17(15)18-12-6-5-10-16(14)18/h1-5,7-12H. The molecule has 18 heavy (non-hydrogen) atoms. The van der Waals surface area contributed by atoms with Crippen molar-refractivity contribution in [3.05, 3.63) is 72.8 Å². The average Bonchev–Trinajstić information content (AvgIpc) is 2.48. The minimum atomic E-state index is 1.28. The van der Waals surface area contributed by atoms with Gasteiger partial charge in [-0.15, -0.1) is 0 Å². The molecule has 0 saturated carbocycles. The molecule has 0 aliphatic carbocycles. The van der Waals surface area contributed by atoms with Crippen molar-refractivity contribution < 1.29 is 0 Å². The van der Waals surface area contributed by atoms with Crippen LogP contribution in [0.3, 0.4) is 0 Å². The van der Waals surface area contributed by atoms with E-state index in [2.05, 4.69) is 66.7 Å². The lowest BCUT2D eigenvalue weighted by molar-refractivity contribution is 1.76. The fourth-order valence-corrected chi connectivity index (χ4v) is 2.79. The largest absolute Gasteiger partial charge is 0.0616 e. The van der Waals surface area contributed by atoms with Gasteiger partial charge in [-0.1, -0.05) is 60.7 Å². The van der Waals surface area contributed by atoms with E-state index < -0.39 is 0 Å². The quantitative estimate of drug-likeness (QED) is 0.373. The lowest BCUT2D eigenvalue weighted by Gasteiger charge is -2.09.